The van der Waals surface area contributed by atoms with E-state index < -0.39 is 18.1 Å². The lowest BCUT2D eigenvalue weighted by Gasteiger charge is -2.16. The summed E-state index contributed by atoms with van der Waals surface area (Å²) in [5.41, 5.74) is 0. The maximum absolute atomic E-state index is 12.2. The molecule has 1 amide bonds. The molecule has 0 spiro atoms. The first-order valence-electron chi connectivity index (χ1n) is 12.2. The SMILES string of the molecule is C=CCC(NC(=O)OCC(C)C)C(=O)OCCCCCCCCCCCCCCC. The summed E-state index contributed by atoms with van der Waals surface area (Å²) >= 11 is 0. The van der Waals surface area contributed by atoms with E-state index in [0.717, 1.165) is 12.8 Å². The number of ether oxygens (including phenoxy) is 2. The lowest BCUT2D eigenvalue weighted by atomic mass is 10.0. The summed E-state index contributed by atoms with van der Waals surface area (Å²) in [6.45, 7) is 10.5. The summed E-state index contributed by atoms with van der Waals surface area (Å²) in [7, 11) is 0. The highest BCUT2D eigenvalue weighted by atomic mass is 16.6. The van der Waals surface area contributed by atoms with Crippen molar-refractivity contribution in [3.05, 3.63) is 12.7 Å². The molecule has 1 unspecified atom stereocenters. The predicted molar refractivity (Wildman–Crippen MR) is 125 cm³/mol. The number of hydrogen-bond donors (Lipinski definition) is 1. The molecule has 0 saturated heterocycles. The van der Waals surface area contributed by atoms with E-state index in [0.29, 0.717) is 19.6 Å². The Hall–Kier alpha value is -1.52. The minimum Gasteiger partial charge on any atom is -0.464 e. The van der Waals surface area contributed by atoms with Crippen molar-refractivity contribution < 1.29 is 19.1 Å². The van der Waals surface area contributed by atoms with Crippen molar-refractivity contribution in [2.45, 2.75) is 117 Å². The van der Waals surface area contributed by atoms with Crippen LogP contribution in [0.25, 0.3) is 0 Å². The van der Waals surface area contributed by atoms with Crippen molar-refractivity contribution in [1.29, 1.82) is 0 Å². The van der Waals surface area contributed by atoms with Gasteiger partial charge in [0, 0.05) is 0 Å². The summed E-state index contributed by atoms with van der Waals surface area (Å²) in [6, 6.07) is -0.732. The summed E-state index contributed by atoms with van der Waals surface area (Å²) < 4.78 is 10.4. The fourth-order valence-electron chi connectivity index (χ4n) is 3.20. The number of hydrogen-bond acceptors (Lipinski definition) is 4. The lowest BCUT2D eigenvalue weighted by Crippen LogP contribution is -2.42. The lowest BCUT2D eigenvalue weighted by molar-refractivity contribution is -0.146. The number of unbranched alkanes of at least 4 members (excludes halogenated alkanes) is 12. The van der Waals surface area contributed by atoms with Crippen molar-refractivity contribution in [3.8, 4) is 0 Å². The third kappa shape index (κ3) is 18.5. The van der Waals surface area contributed by atoms with Crippen LogP contribution in [0, 0.1) is 5.92 Å². The Morgan fingerprint density at radius 3 is 1.80 bits per heavy atom. The van der Waals surface area contributed by atoms with Crippen molar-refractivity contribution in [1.82, 2.24) is 5.32 Å². The molecule has 0 heterocycles. The smallest absolute Gasteiger partial charge is 0.407 e. The van der Waals surface area contributed by atoms with E-state index in [-0.39, 0.29) is 5.92 Å². The number of carbonyl (C=O) groups excluding carboxylic acids is 2. The molecule has 0 fully saturated rings. The first-order valence-corrected chi connectivity index (χ1v) is 12.2. The van der Waals surface area contributed by atoms with Gasteiger partial charge in [-0.15, -0.1) is 6.58 Å². The number of rotatable bonds is 20. The molecular formula is C25H47NO4. The Balaban J connectivity index is 3.66. The molecule has 176 valence electrons. The Bertz CT molecular complexity index is 437. The van der Waals surface area contributed by atoms with E-state index in [1.165, 1.54) is 70.6 Å². The molecule has 5 nitrogen and oxygen atoms in total. The molecule has 0 aromatic heterocycles. The van der Waals surface area contributed by atoms with Gasteiger partial charge in [0.1, 0.15) is 6.04 Å². The van der Waals surface area contributed by atoms with Crippen LogP contribution in [0.5, 0.6) is 0 Å². The maximum atomic E-state index is 12.2. The molecule has 0 aliphatic heterocycles. The van der Waals surface area contributed by atoms with Crippen molar-refractivity contribution in [2.24, 2.45) is 5.92 Å². The second-order valence-corrected chi connectivity index (χ2v) is 8.62. The number of amides is 1. The van der Waals surface area contributed by atoms with Gasteiger partial charge < -0.3 is 14.8 Å². The topological polar surface area (TPSA) is 64.6 Å². The largest absolute Gasteiger partial charge is 0.464 e. The monoisotopic (exact) mass is 425 g/mol. The van der Waals surface area contributed by atoms with Crippen LogP contribution in [0.15, 0.2) is 12.7 Å². The number of esters is 1. The molecule has 0 aromatic rings. The first kappa shape index (κ1) is 28.5. The molecule has 0 saturated carbocycles. The molecule has 0 aliphatic carbocycles. The Kier molecular flexibility index (Phi) is 19.7. The minimum atomic E-state index is -0.732. The highest BCUT2D eigenvalue weighted by Gasteiger charge is 2.21. The first-order chi connectivity index (χ1) is 14.5. The Morgan fingerprint density at radius 2 is 1.33 bits per heavy atom. The van der Waals surface area contributed by atoms with E-state index in [1.807, 2.05) is 13.8 Å². The van der Waals surface area contributed by atoms with Crippen molar-refractivity contribution >= 4 is 12.1 Å². The van der Waals surface area contributed by atoms with Gasteiger partial charge >= 0.3 is 12.1 Å². The number of nitrogens with one attached hydrogen (secondary N) is 1. The van der Waals surface area contributed by atoms with Crippen LogP contribution in [0.2, 0.25) is 0 Å². The average Bonchev–Trinajstić information content (AvgIpc) is 2.72. The van der Waals surface area contributed by atoms with Gasteiger partial charge in [0.15, 0.2) is 0 Å². The van der Waals surface area contributed by atoms with Gasteiger partial charge in [-0.2, -0.15) is 0 Å². The molecule has 0 bridgehead atoms. The number of alkyl carbamates (subject to hydrolysis) is 1. The van der Waals surface area contributed by atoms with Crippen LogP contribution in [-0.4, -0.2) is 31.3 Å². The fraction of sp³-hybridized carbons (Fsp3) is 0.840. The van der Waals surface area contributed by atoms with Crippen molar-refractivity contribution in [2.75, 3.05) is 13.2 Å². The summed E-state index contributed by atoms with van der Waals surface area (Å²) in [5.74, 6) is -0.175. The van der Waals surface area contributed by atoms with E-state index in [1.54, 1.807) is 6.08 Å². The molecule has 5 heteroatoms. The van der Waals surface area contributed by atoms with Gasteiger partial charge in [0.05, 0.1) is 13.2 Å². The highest BCUT2D eigenvalue weighted by molar-refractivity contribution is 5.81. The maximum Gasteiger partial charge on any atom is 0.407 e. The highest BCUT2D eigenvalue weighted by Crippen LogP contribution is 2.12. The second-order valence-electron chi connectivity index (χ2n) is 8.62. The molecule has 1 N–H and O–H groups in total. The van der Waals surface area contributed by atoms with Crippen LogP contribution in [0.1, 0.15) is 111 Å². The molecule has 0 aliphatic rings. The van der Waals surface area contributed by atoms with Crippen LogP contribution >= 0.6 is 0 Å². The van der Waals surface area contributed by atoms with Crippen LogP contribution in [-0.2, 0) is 14.3 Å². The predicted octanol–water partition coefficient (Wildman–Crippen LogP) is 6.95. The normalized spacial score (nSPS) is 11.9. The standard InChI is InChI=1S/C25H47NO4/c1-5-7-8-9-10-11-12-13-14-15-16-17-18-20-29-24(27)23(19-6-2)26-25(28)30-21-22(3)4/h6,22-23H,2,5,7-21H2,1,3-4H3,(H,26,28). The van der Waals surface area contributed by atoms with Crippen LogP contribution < -0.4 is 5.32 Å². The zero-order valence-electron chi connectivity index (χ0n) is 19.9. The third-order valence-corrected chi connectivity index (χ3v) is 5.02. The van der Waals surface area contributed by atoms with E-state index in [4.69, 9.17) is 9.47 Å². The third-order valence-electron chi connectivity index (χ3n) is 5.02. The van der Waals surface area contributed by atoms with Gasteiger partial charge in [-0.05, 0) is 18.8 Å². The average molecular weight is 426 g/mol. The summed E-state index contributed by atoms with van der Waals surface area (Å²) in [4.78, 5) is 23.9. The molecule has 1 atom stereocenters. The van der Waals surface area contributed by atoms with Gasteiger partial charge in [-0.3, -0.25) is 0 Å². The minimum absolute atomic E-state index is 0.246. The number of carbonyl (C=O) groups is 2. The van der Waals surface area contributed by atoms with Gasteiger partial charge in [-0.25, -0.2) is 9.59 Å². The van der Waals surface area contributed by atoms with Crippen LogP contribution in [0.3, 0.4) is 0 Å². The Labute approximate surface area is 185 Å². The van der Waals surface area contributed by atoms with Crippen molar-refractivity contribution in [3.63, 3.8) is 0 Å². The zero-order chi connectivity index (χ0) is 22.5. The van der Waals surface area contributed by atoms with E-state index in [9.17, 15) is 9.59 Å². The summed E-state index contributed by atoms with van der Waals surface area (Å²) in [5, 5.41) is 2.57. The van der Waals surface area contributed by atoms with Gasteiger partial charge in [-0.1, -0.05) is 104 Å². The zero-order valence-corrected chi connectivity index (χ0v) is 19.9. The molecule has 30 heavy (non-hydrogen) atoms. The van der Waals surface area contributed by atoms with Crippen LogP contribution in [0.4, 0.5) is 4.79 Å². The van der Waals surface area contributed by atoms with Gasteiger partial charge in [0.2, 0.25) is 0 Å². The Morgan fingerprint density at radius 1 is 0.833 bits per heavy atom. The van der Waals surface area contributed by atoms with Gasteiger partial charge in [0.25, 0.3) is 0 Å². The molecular weight excluding hydrogens is 378 g/mol. The quantitative estimate of drug-likeness (QED) is 0.130. The van der Waals surface area contributed by atoms with E-state index >= 15 is 0 Å². The van der Waals surface area contributed by atoms with E-state index in [2.05, 4.69) is 18.8 Å². The second kappa shape index (κ2) is 20.7. The molecule has 0 radical (unpaired) electrons. The molecule has 0 aromatic carbocycles. The fourth-order valence-corrected chi connectivity index (χ4v) is 3.20. The summed E-state index contributed by atoms with van der Waals surface area (Å²) in [6.07, 6.45) is 18.0. The molecule has 0 rings (SSSR count).